The Labute approximate surface area is 93.7 Å². The van der Waals surface area contributed by atoms with Gasteiger partial charge in [-0.3, -0.25) is 0 Å². The van der Waals surface area contributed by atoms with Crippen molar-refractivity contribution in [1.29, 1.82) is 0 Å². The first-order valence-electron chi connectivity index (χ1n) is 5.75. The second kappa shape index (κ2) is 5.61. The maximum atomic E-state index is 5.44. The van der Waals surface area contributed by atoms with Crippen LogP contribution in [0.25, 0.3) is 0 Å². The third-order valence-corrected chi connectivity index (χ3v) is 2.89. The average molecular weight is 200 g/mol. The van der Waals surface area contributed by atoms with Gasteiger partial charge in [0.2, 0.25) is 0 Å². The lowest BCUT2D eigenvalue weighted by molar-refractivity contribution is 0.715. The van der Waals surface area contributed by atoms with Gasteiger partial charge in [0.15, 0.2) is 0 Å². The second-order valence-corrected chi connectivity index (χ2v) is 4.20. The molecule has 0 radical (unpaired) electrons. The summed E-state index contributed by atoms with van der Waals surface area (Å²) < 4.78 is 0. The van der Waals surface area contributed by atoms with Gasteiger partial charge in [-0.25, -0.2) is 0 Å². The summed E-state index contributed by atoms with van der Waals surface area (Å²) in [5, 5.41) is 0. The SMILES string of the molecule is C#Cc1cc(C)c(CCCCC)cc1C. The summed E-state index contributed by atoms with van der Waals surface area (Å²) in [6, 6.07) is 4.39. The van der Waals surface area contributed by atoms with E-state index in [2.05, 4.69) is 38.8 Å². The van der Waals surface area contributed by atoms with Gasteiger partial charge in [0.1, 0.15) is 0 Å². The first-order valence-corrected chi connectivity index (χ1v) is 5.75. The molecule has 0 amide bonds. The van der Waals surface area contributed by atoms with Crippen LogP contribution < -0.4 is 0 Å². The van der Waals surface area contributed by atoms with E-state index in [1.165, 1.54) is 42.4 Å². The fraction of sp³-hybridized carbons (Fsp3) is 0.467. The molecule has 0 heteroatoms. The minimum absolute atomic E-state index is 1.03. The van der Waals surface area contributed by atoms with Crippen molar-refractivity contribution in [1.82, 2.24) is 0 Å². The van der Waals surface area contributed by atoms with Gasteiger partial charge in [-0.05, 0) is 49.4 Å². The molecule has 0 aliphatic carbocycles. The van der Waals surface area contributed by atoms with Crippen molar-refractivity contribution in [3.8, 4) is 12.3 Å². The molecule has 0 unspecified atom stereocenters. The zero-order valence-corrected chi connectivity index (χ0v) is 10.1. The summed E-state index contributed by atoms with van der Waals surface area (Å²) in [5.41, 5.74) is 5.06. The summed E-state index contributed by atoms with van der Waals surface area (Å²) in [6.07, 6.45) is 10.5. The van der Waals surface area contributed by atoms with Gasteiger partial charge in [-0.2, -0.15) is 0 Å². The van der Waals surface area contributed by atoms with Crippen molar-refractivity contribution in [2.24, 2.45) is 0 Å². The van der Waals surface area contributed by atoms with E-state index in [0.29, 0.717) is 0 Å². The summed E-state index contributed by atoms with van der Waals surface area (Å²) in [5.74, 6) is 2.73. The highest BCUT2D eigenvalue weighted by atomic mass is 14.1. The molecular weight excluding hydrogens is 180 g/mol. The van der Waals surface area contributed by atoms with Gasteiger partial charge < -0.3 is 0 Å². The third-order valence-electron chi connectivity index (χ3n) is 2.89. The number of benzene rings is 1. The van der Waals surface area contributed by atoms with E-state index in [0.717, 1.165) is 5.56 Å². The lowest BCUT2D eigenvalue weighted by atomic mass is 9.96. The lowest BCUT2D eigenvalue weighted by Gasteiger charge is -2.08. The maximum Gasteiger partial charge on any atom is 0.0274 e. The molecule has 0 spiro atoms. The molecule has 15 heavy (non-hydrogen) atoms. The molecule has 0 aromatic heterocycles. The number of rotatable bonds is 4. The molecule has 0 aliphatic heterocycles. The van der Waals surface area contributed by atoms with E-state index in [-0.39, 0.29) is 0 Å². The van der Waals surface area contributed by atoms with Crippen molar-refractivity contribution < 1.29 is 0 Å². The largest absolute Gasteiger partial charge is 0.115 e. The first kappa shape index (κ1) is 11.9. The predicted octanol–water partition coefficient (Wildman–Crippen LogP) is 4.02. The van der Waals surface area contributed by atoms with E-state index in [9.17, 15) is 0 Å². The Morgan fingerprint density at radius 3 is 2.47 bits per heavy atom. The molecular formula is C15H20. The Kier molecular flexibility index (Phi) is 4.43. The minimum atomic E-state index is 1.03. The van der Waals surface area contributed by atoms with Crippen LogP contribution >= 0.6 is 0 Å². The molecule has 0 fully saturated rings. The number of terminal acetylenes is 1. The Morgan fingerprint density at radius 2 is 1.87 bits per heavy atom. The first-order chi connectivity index (χ1) is 7.19. The van der Waals surface area contributed by atoms with Crippen LogP contribution in [0, 0.1) is 26.2 Å². The molecule has 1 aromatic carbocycles. The fourth-order valence-electron chi connectivity index (χ4n) is 1.87. The van der Waals surface area contributed by atoms with Crippen molar-refractivity contribution in [3.63, 3.8) is 0 Å². The van der Waals surface area contributed by atoms with E-state index in [1.807, 2.05) is 0 Å². The van der Waals surface area contributed by atoms with E-state index < -0.39 is 0 Å². The van der Waals surface area contributed by atoms with Crippen molar-refractivity contribution >= 4 is 0 Å². The van der Waals surface area contributed by atoms with Crippen LogP contribution in [0.1, 0.15) is 48.4 Å². The van der Waals surface area contributed by atoms with Gasteiger partial charge in [-0.15, -0.1) is 6.42 Å². The molecule has 1 aromatic rings. The van der Waals surface area contributed by atoms with E-state index in [1.54, 1.807) is 0 Å². The molecule has 0 saturated carbocycles. The summed E-state index contributed by atoms with van der Waals surface area (Å²) >= 11 is 0. The van der Waals surface area contributed by atoms with Crippen LogP contribution in [0.4, 0.5) is 0 Å². The number of unbranched alkanes of at least 4 members (excludes halogenated alkanes) is 2. The van der Waals surface area contributed by atoms with Gasteiger partial charge in [-0.1, -0.05) is 31.8 Å². The topological polar surface area (TPSA) is 0 Å². The third kappa shape index (κ3) is 3.13. The van der Waals surface area contributed by atoms with Crippen LogP contribution in [-0.2, 0) is 6.42 Å². The number of aryl methyl sites for hydroxylation is 3. The maximum absolute atomic E-state index is 5.44. The van der Waals surface area contributed by atoms with Crippen molar-refractivity contribution in [3.05, 3.63) is 34.4 Å². The van der Waals surface area contributed by atoms with Gasteiger partial charge in [0, 0.05) is 5.56 Å². The Hall–Kier alpha value is -1.22. The minimum Gasteiger partial charge on any atom is -0.115 e. The Balaban J connectivity index is 2.82. The number of hydrogen-bond acceptors (Lipinski definition) is 0. The van der Waals surface area contributed by atoms with Gasteiger partial charge in [0.05, 0.1) is 0 Å². The highest BCUT2D eigenvalue weighted by molar-refractivity contribution is 5.45. The van der Waals surface area contributed by atoms with Crippen molar-refractivity contribution in [2.45, 2.75) is 46.5 Å². The highest BCUT2D eigenvalue weighted by Crippen LogP contribution is 2.17. The van der Waals surface area contributed by atoms with E-state index >= 15 is 0 Å². The van der Waals surface area contributed by atoms with Crippen LogP contribution in [0.5, 0.6) is 0 Å². The molecule has 0 nitrogen and oxygen atoms in total. The Bertz CT molecular complexity index is 366. The standard InChI is InChI=1S/C15H20/c1-5-7-8-9-15-11-12(3)14(6-2)10-13(15)4/h2,10-11H,5,7-9H2,1,3-4H3. The molecule has 0 atom stereocenters. The smallest absolute Gasteiger partial charge is 0.0274 e. The molecule has 0 aliphatic rings. The normalized spacial score (nSPS) is 10.0. The lowest BCUT2D eigenvalue weighted by Crippen LogP contribution is -1.94. The summed E-state index contributed by atoms with van der Waals surface area (Å²) in [7, 11) is 0. The number of hydrogen-bond donors (Lipinski definition) is 0. The summed E-state index contributed by atoms with van der Waals surface area (Å²) in [4.78, 5) is 0. The molecule has 1 rings (SSSR count). The average Bonchev–Trinajstić information content (AvgIpc) is 2.23. The highest BCUT2D eigenvalue weighted by Gasteiger charge is 2.02. The van der Waals surface area contributed by atoms with Crippen LogP contribution in [0.2, 0.25) is 0 Å². The van der Waals surface area contributed by atoms with Crippen LogP contribution in [-0.4, -0.2) is 0 Å². The molecule has 80 valence electrons. The van der Waals surface area contributed by atoms with Crippen molar-refractivity contribution in [2.75, 3.05) is 0 Å². The van der Waals surface area contributed by atoms with Crippen LogP contribution in [0.3, 0.4) is 0 Å². The van der Waals surface area contributed by atoms with Crippen LogP contribution in [0.15, 0.2) is 12.1 Å². The molecule has 0 N–H and O–H groups in total. The Morgan fingerprint density at radius 1 is 1.13 bits per heavy atom. The fourth-order valence-corrected chi connectivity index (χ4v) is 1.87. The summed E-state index contributed by atoms with van der Waals surface area (Å²) in [6.45, 7) is 6.49. The van der Waals surface area contributed by atoms with E-state index in [4.69, 9.17) is 6.42 Å². The molecule has 0 bridgehead atoms. The van der Waals surface area contributed by atoms with Gasteiger partial charge >= 0.3 is 0 Å². The zero-order valence-electron chi connectivity index (χ0n) is 10.1. The molecule has 0 saturated heterocycles. The second-order valence-electron chi connectivity index (χ2n) is 4.20. The zero-order chi connectivity index (χ0) is 11.3. The monoisotopic (exact) mass is 200 g/mol. The quantitative estimate of drug-likeness (QED) is 0.508. The molecule has 0 heterocycles. The van der Waals surface area contributed by atoms with Gasteiger partial charge in [0.25, 0.3) is 0 Å². The predicted molar refractivity (Wildman–Crippen MR) is 67.1 cm³/mol.